The van der Waals surface area contributed by atoms with Gasteiger partial charge >= 0.3 is 0 Å². The molecule has 15 heavy (non-hydrogen) atoms. The summed E-state index contributed by atoms with van der Waals surface area (Å²) in [6.07, 6.45) is 9.54. The van der Waals surface area contributed by atoms with Gasteiger partial charge in [-0.15, -0.1) is 0 Å². The Kier molecular flexibility index (Phi) is 10.2. The molecule has 0 aliphatic carbocycles. The van der Waals surface area contributed by atoms with Crippen LogP contribution in [0.4, 0.5) is 0 Å². The summed E-state index contributed by atoms with van der Waals surface area (Å²) in [6.45, 7) is 6.58. The average Bonchev–Trinajstić information content (AvgIpc) is 2.26. The molecule has 3 heteroatoms. The van der Waals surface area contributed by atoms with Crippen LogP contribution in [-0.4, -0.2) is 29.4 Å². The van der Waals surface area contributed by atoms with Gasteiger partial charge in [0, 0.05) is 13.1 Å². The van der Waals surface area contributed by atoms with E-state index in [-0.39, 0.29) is 0 Å². The summed E-state index contributed by atoms with van der Waals surface area (Å²) < 4.78 is 0. The molecule has 0 bridgehead atoms. The Morgan fingerprint density at radius 3 is 1.80 bits per heavy atom. The van der Waals surface area contributed by atoms with E-state index in [1.807, 2.05) is 6.26 Å². The summed E-state index contributed by atoms with van der Waals surface area (Å²) in [5.74, 6) is 0. The van der Waals surface area contributed by atoms with Crippen LogP contribution in [0.25, 0.3) is 0 Å². The van der Waals surface area contributed by atoms with Crippen LogP contribution in [0.2, 0.25) is 0 Å². The van der Waals surface area contributed by atoms with E-state index in [2.05, 4.69) is 18.7 Å². The molecule has 0 radical (unpaired) electrons. The molecule has 1 N–H and O–H groups in total. The molecule has 0 aliphatic rings. The first-order valence-corrected chi connectivity index (χ1v) is 7.36. The Morgan fingerprint density at radius 2 is 1.47 bits per heavy atom. The van der Waals surface area contributed by atoms with Gasteiger partial charge in [-0.1, -0.05) is 51.3 Å². The molecule has 0 atom stereocenters. The number of unbranched alkanes of at least 4 members (excludes halogenated alkanes) is 4. The van der Waals surface area contributed by atoms with Crippen molar-refractivity contribution < 1.29 is 0 Å². The molecule has 0 amide bonds. The van der Waals surface area contributed by atoms with Crippen molar-refractivity contribution in [2.45, 2.75) is 52.4 Å². The molecule has 0 saturated heterocycles. The van der Waals surface area contributed by atoms with Crippen molar-refractivity contribution in [1.82, 2.24) is 4.90 Å². The Bertz CT molecular complexity index is 150. The van der Waals surface area contributed by atoms with Crippen molar-refractivity contribution in [3.05, 3.63) is 0 Å². The Balaban J connectivity index is 3.79. The molecule has 0 rings (SSSR count). The van der Waals surface area contributed by atoms with E-state index in [9.17, 15) is 0 Å². The average molecular weight is 230 g/mol. The minimum absolute atomic E-state index is 0.738. The van der Waals surface area contributed by atoms with E-state index in [1.165, 1.54) is 38.5 Å². The summed E-state index contributed by atoms with van der Waals surface area (Å²) in [7, 11) is 0. The molecule has 0 saturated carbocycles. The van der Waals surface area contributed by atoms with Gasteiger partial charge in [-0.25, -0.2) is 0 Å². The molecule has 2 nitrogen and oxygen atoms in total. The molecule has 0 heterocycles. The highest BCUT2D eigenvalue weighted by Gasteiger charge is 2.07. The van der Waals surface area contributed by atoms with Gasteiger partial charge in [0.15, 0.2) is 5.17 Å². The fraction of sp³-hybridized carbons (Fsp3) is 0.917. The van der Waals surface area contributed by atoms with Crippen LogP contribution in [0, 0.1) is 5.41 Å². The van der Waals surface area contributed by atoms with Gasteiger partial charge in [-0.3, -0.25) is 5.41 Å². The second-order valence-corrected chi connectivity index (χ2v) is 4.71. The van der Waals surface area contributed by atoms with Crippen LogP contribution >= 0.6 is 11.8 Å². The van der Waals surface area contributed by atoms with Crippen LogP contribution in [0.3, 0.4) is 0 Å². The van der Waals surface area contributed by atoms with E-state index >= 15 is 0 Å². The highest BCUT2D eigenvalue weighted by molar-refractivity contribution is 8.13. The van der Waals surface area contributed by atoms with Crippen LogP contribution in [0.1, 0.15) is 52.4 Å². The van der Waals surface area contributed by atoms with Gasteiger partial charge < -0.3 is 4.90 Å². The molecule has 0 spiro atoms. The number of nitrogens with one attached hydrogen (secondary N) is 1. The molecular formula is C12H26N2S. The van der Waals surface area contributed by atoms with Crippen molar-refractivity contribution >= 4 is 16.9 Å². The lowest BCUT2D eigenvalue weighted by atomic mass is 10.2. The van der Waals surface area contributed by atoms with Gasteiger partial charge in [0.2, 0.25) is 0 Å². The quantitative estimate of drug-likeness (QED) is 0.388. The zero-order valence-corrected chi connectivity index (χ0v) is 11.3. The Labute approximate surface area is 99.3 Å². The summed E-state index contributed by atoms with van der Waals surface area (Å²) in [5, 5.41) is 8.59. The lowest BCUT2D eigenvalue weighted by Gasteiger charge is -2.23. The van der Waals surface area contributed by atoms with Crippen molar-refractivity contribution in [2.24, 2.45) is 0 Å². The number of thioether (sulfide) groups is 1. The molecular weight excluding hydrogens is 204 g/mol. The van der Waals surface area contributed by atoms with E-state index in [4.69, 9.17) is 5.41 Å². The molecule has 0 fully saturated rings. The lowest BCUT2D eigenvalue weighted by molar-refractivity contribution is 0.395. The fourth-order valence-corrected chi connectivity index (χ4v) is 1.99. The number of hydrogen-bond acceptors (Lipinski definition) is 2. The fourth-order valence-electron chi connectivity index (χ4n) is 1.55. The monoisotopic (exact) mass is 230 g/mol. The zero-order chi connectivity index (χ0) is 11.5. The van der Waals surface area contributed by atoms with E-state index in [0.29, 0.717) is 0 Å². The third-order valence-corrected chi connectivity index (χ3v) is 3.19. The van der Waals surface area contributed by atoms with Crippen molar-refractivity contribution in [3.8, 4) is 0 Å². The predicted molar refractivity (Wildman–Crippen MR) is 71.9 cm³/mol. The van der Waals surface area contributed by atoms with Crippen molar-refractivity contribution in [3.63, 3.8) is 0 Å². The van der Waals surface area contributed by atoms with E-state index in [0.717, 1.165) is 18.3 Å². The SMILES string of the molecule is CCCCCN(CCCCC)C(=N)SC. The standard InChI is InChI=1S/C12H26N2S/c1-4-6-8-10-14(12(13)15-3)11-9-7-5-2/h13H,4-11H2,1-3H3. The molecule has 0 aliphatic heterocycles. The zero-order valence-electron chi connectivity index (χ0n) is 10.5. The topological polar surface area (TPSA) is 27.1 Å². The maximum atomic E-state index is 7.85. The highest BCUT2D eigenvalue weighted by atomic mass is 32.2. The third kappa shape index (κ3) is 7.71. The van der Waals surface area contributed by atoms with Crippen LogP contribution in [0.5, 0.6) is 0 Å². The molecule has 0 aromatic heterocycles. The van der Waals surface area contributed by atoms with Gasteiger partial charge in [0.05, 0.1) is 0 Å². The van der Waals surface area contributed by atoms with Crippen LogP contribution in [0.15, 0.2) is 0 Å². The predicted octanol–water partition coefficient (Wildman–Crippen LogP) is 3.97. The second-order valence-electron chi connectivity index (χ2n) is 3.91. The largest absolute Gasteiger partial charge is 0.352 e. The number of nitrogens with zero attached hydrogens (tertiary/aromatic N) is 1. The minimum Gasteiger partial charge on any atom is -0.352 e. The van der Waals surface area contributed by atoms with E-state index in [1.54, 1.807) is 11.8 Å². The number of hydrogen-bond donors (Lipinski definition) is 1. The van der Waals surface area contributed by atoms with Crippen molar-refractivity contribution in [1.29, 1.82) is 5.41 Å². The molecule has 0 aromatic carbocycles. The van der Waals surface area contributed by atoms with Gasteiger partial charge in [0.25, 0.3) is 0 Å². The van der Waals surface area contributed by atoms with Gasteiger partial charge in [0.1, 0.15) is 0 Å². The molecule has 0 aromatic rings. The second kappa shape index (κ2) is 10.3. The summed E-state index contributed by atoms with van der Waals surface area (Å²) in [6, 6.07) is 0. The van der Waals surface area contributed by atoms with Crippen molar-refractivity contribution in [2.75, 3.05) is 19.3 Å². The number of rotatable bonds is 8. The minimum atomic E-state index is 0.738. The first-order valence-electron chi connectivity index (χ1n) is 6.13. The Hall–Kier alpha value is -0.180. The first-order chi connectivity index (χ1) is 7.26. The third-order valence-electron chi connectivity index (χ3n) is 2.54. The van der Waals surface area contributed by atoms with Gasteiger partial charge in [-0.05, 0) is 19.1 Å². The molecule has 90 valence electrons. The summed E-state index contributed by atoms with van der Waals surface area (Å²) in [4.78, 5) is 2.23. The summed E-state index contributed by atoms with van der Waals surface area (Å²) >= 11 is 1.56. The summed E-state index contributed by atoms with van der Waals surface area (Å²) in [5.41, 5.74) is 0. The maximum absolute atomic E-state index is 7.85. The first kappa shape index (κ1) is 14.8. The number of amidine groups is 1. The smallest absolute Gasteiger partial charge is 0.156 e. The van der Waals surface area contributed by atoms with E-state index < -0.39 is 0 Å². The van der Waals surface area contributed by atoms with Crippen LogP contribution in [-0.2, 0) is 0 Å². The van der Waals surface area contributed by atoms with Crippen LogP contribution < -0.4 is 0 Å². The Morgan fingerprint density at radius 1 is 1.00 bits per heavy atom. The normalized spacial score (nSPS) is 10.3. The maximum Gasteiger partial charge on any atom is 0.156 e. The highest BCUT2D eigenvalue weighted by Crippen LogP contribution is 2.08. The lowest BCUT2D eigenvalue weighted by Crippen LogP contribution is -2.30. The molecule has 0 unspecified atom stereocenters. The van der Waals surface area contributed by atoms with Gasteiger partial charge in [-0.2, -0.15) is 0 Å².